The summed E-state index contributed by atoms with van der Waals surface area (Å²) in [6.07, 6.45) is 1.25. The second kappa shape index (κ2) is 7.97. The first-order valence-electron chi connectivity index (χ1n) is 8.82. The zero-order chi connectivity index (χ0) is 17.6. The highest BCUT2D eigenvalue weighted by molar-refractivity contribution is 5.94. The molecule has 1 heterocycles. The predicted octanol–water partition coefficient (Wildman–Crippen LogP) is 2.91. The van der Waals surface area contributed by atoms with Gasteiger partial charge in [-0.3, -0.25) is 9.59 Å². The summed E-state index contributed by atoms with van der Waals surface area (Å²) in [4.78, 5) is 29.0. The molecule has 1 fully saturated rings. The number of nitrogens with zero attached hydrogens (tertiary/aromatic N) is 2. The smallest absolute Gasteiger partial charge is 0.253 e. The molecule has 0 unspecified atom stereocenters. The van der Waals surface area contributed by atoms with Crippen molar-refractivity contribution in [3.63, 3.8) is 0 Å². The average Bonchev–Trinajstić information content (AvgIpc) is 2.90. The second-order valence-electron chi connectivity index (χ2n) is 6.50. The molecular formula is C21H24N2O2. The summed E-state index contributed by atoms with van der Waals surface area (Å²) in [5.41, 5.74) is 2.93. The molecule has 0 aliphatic carbocycles. The molecule has 2 amide bonds. The molecule has 0 N–H and O–H groups in total. The maximum Gasteiger partial charge on any atom is 0.253 e. The van der Waals surface area contributed by atoms with Crippen LogP contribution >= 0.6 is 0 Å². The monoisotopic (exact) mass is 336 g/mol. The summed E-state index contributed by atoms with van der Waals surface area (Å²) in [7, 11) is 0. The zero-order valence-electron chi connectivity index (χ0n) is 14.6. The fourth-order valence-corrected chi connectivity index (χ4v) is 3.22. The van der Waals surface area contributed by atoms with Crippen LogP contribution in [0.2, 0.25) is 0 Å². The van der Waals surface area contributed by atoms with E-state index in [9.17, 15) is 9.59 Å². The van der Waals surface area contributed by atoms with Gasteiger partial charge >= 0.3 is 0 Å². The van der Waals surface area contributed by atoms with E-state index in [1.807, 2.05) is 71.3 Å². The molecule has 2 aromatic carbocycles. The third kappa shape index (κ3) is 4.27. The quantitative estimate of drug-likeness (QED) is 0.865. The summed E-state index contributed by atoms with van der Waals surface area (Å²) in [6, 6.07) is 17.3. The van der Waals surface area contributed by atoms with Crippen LogP contribution in [0.25, 0.3) is 0 Å². The highest BCUT2D eigenvalue weighted by Crippen LogP contribution is 2.13. The van der Waals surface area contributed by atoms with E-state index in [0.717, 1.165) is 17.5 Å². The molecule has 4 nitrogen and oxygen atoms in total. The van der Waals surface area contributed by atoms with Crippen molar-refractivity contribution >= 4 is 11.8 Å². The number of aryl methyl sites for hydroxylation is 1. The van der Waals surface area contributed by atoms with Crippen LogP contribution < -0.4 is 0 Å². The van der Waals surface area contributed by atoms with Crippen LogP contribution in [0, 0.1) is 6.92 Å². The molecule has 4 heteroatoms. The lowest BCUT2D eigenvalue weighted by atomic mass is 10.1. The summed E-state index contributed by atoms with van der Waals surface area (Å²) < 4.78 is 0. The largest absolute Gasteiger partial charge is 0.341 e. The number of benzene rings is 2. The minimum Gasteiger partial charge on any atom is -0.341 e. The number of rotatable bonds is 3. The summed E-state index contributed by atoms with van der Waals surface area (Å²) in [5, 5.41) is 0. The van der Waals surface area contributed by atoms with Crippen molar-refractivity contribution in [1.82, 2.24) is 9.80 Å². The highest BCUT2D eigenvalue weighted by atomic mass is 16.2. The Balaban J connectivity index is 1.60. The molecule has 1 aliphatic heterocycles. The van der Waals surface area contributed by atoms with Gasteiger partial charge in [0, 0.05) is 31.7 Å². The number of carbonyl (C=O) groups excluding carboxylic acids is 2. The van der Waals surface area contributed by atoms with Crippen molar-refractivity contribution in [2.45, 2.75) is 19.8 Å². The Labute approximate surface area is 149 Å². The Bertz CT molecular complexity index is 743. The molecule has 25 heavy (non-hydrogen) atoms. The molecule has 1 saturated heterocycles. The lowest BCUT2D eigenvalue weighted by Gasteiger charge is -2.22. The minimum atomic E-state index is 0.0498. The maximum absolute atomic E-state index is 12.6. The topological polar surface area (TPSA) is 40.6 Å². The third-order valence-electron chi connectivity index (χ3n) is 4.76. The van der Waals surface area contributed by atoms with Gasteiger partial charge in [-0.25, -0.2) is 0 Å². The first-order valence-corrected chi connectivity index (χ1v) is 8.82. The second-order valence-corrected chi connectivity index (χ2v) is 6.50. The fraction of sp³-hybridized carbons (Fsp3) is 0.333. The van der Waals surface area contributed by atoms with Crippen LogP contribution in [-0.4, -0.2) is 47.8 Å². The Morgan fingerprint density at radius 3 is 2.24 bits per heavy atom. The Kier molecular flexibility index (Phi) is 5.49. The van der Waals surface area contributed by atoms with Gasteiger partial charge in [0.25, 0.3) is 5.91 Å². The molecule has 0 saturated carbocycles. The number of carbonyl (C=O) groups is 2. The van der Waals surface area contributed by atoms with Crippen molar-refractivity contribution in [2.24, 2.45) is 0 Å². The number of hydrogen-bond donors (Lipinski definition) is 0. The van der Waals surface area contributed by atoms with Gasteiger partial charge in [-0.05, 0) is 36.6 Å². The lowest BCUT2D eigenvalue weighted by molar-refractivity contribution is -0.130. The Morgan fingerprint density at radius 1 is 0.840 bits per heavy atom. The average molecular weight is 336 g/mol. The van der Waals surface area contributed by atoms with Crippen LogP contribution in [0.1, 0.15) is 27.9 Å². The van der Waals surface area contributed by atoms with Crippen LogP contribution in [0.3, 0.4) is 0 Å². The first kappa shape index (κ1) is 17.2. The van der Waals surface area contributed by atoms with Gasteiger partial charge < -0.3 is 9.80 Å². The predicted molar refractivity (Wildman–Crippen MR) is 98.4 cm³/mol. The molecule has 1 aliphatic rings. The van der Waals surface area contributed by atoms with Crippen molar-refractivity contribution in [1.29, 1.82) is 0 Å². The Hall–Kier alpha value is -2.62. The summed E-state index contributed by atoms with van der Waals surface area (Å²) in [6.45, 7) is 4.63. The van der Waals surface area contributed by atoms with Crippen molar-refractivity contribution in [2.75, 3.05) is 26.2 Å². The highest BCUT2D eigenvalue weighted by Gasteiger charge is 2.23. The van der Waals surface area contributed by atoms with Gasteiger partial charge in [-0.15, -0.1) is 0 Å². The molecule has 0 atom stereocenters. The van der Waals surface area contributed by atoms with E-state index in [2.05, 4.69) is 0 Å². The third-order valence-corrected chi connectivity index (χ3v) is 4.76. The molecule has 0 radical (unpaired) electrons. The standard InChI is InChI=1S/C21H24N2O2/c1-17-8-5-6-11-19(17)16-20(24)22-12-7-13-23(15-14-22)21(25)18-9-3-2-4-10-18/h2-6,8-11H,7,12-16H2,1H3. The van der Waals surface area contributed by atoms with E-state index in [-0.39, 0.29) is 11.8 Å². The number of amides is 2. The van der Waals surface area contributed by atoms with E-state index in [1.165, 1.54) is 0 Å². The van der Waals surface area contributed by atoms with E-state index < -0.39 is 0 Å². The fourth-order valence-electron chi connectivity index (χ4n) is 3.22. The van der Waals surface area contributed by atoms with Gasteiger partial charge in [-0.1, -0.05) is 42.5 Å². The molecule has 0 bridgehead atoms. The molecular weight excluding hydrogens is 312 g/mol. The van der Waals surface area contributed by atoms with E-state index in [1.54, 1.807) is 0 Å². The first-order chi connectivity index (χ1) is 12.1. The van der Waals surface area contributed by atoms with Gasteiger partial charge in [-0.2, -0.15) is 0 Å². The van der Waals surface area contributed by atoms with Gasteiger partial charge in [0.1, 0.15) is 0 Å². The molecule has 3 rings (SSSR count). The van der Waals surface area contributed by atoms with Gasteiger partial charge in [0.15, 0.2) is 0 Å². The van der Waals surface area contributed by atoms with Crippen molar-refractivity contribution in [3.8, 4) is 0 Å². The van der Waals surface area contributed by atoms with E-state index in [0.29, 0.717) is 38.2 Å². The summed E-state index contributed by atoms with van der Waals surface area (Å²) in [5.74, 6) is 0.192. The molecule has 0 spiro atoms. The van der Waals surface area contributed by atoms with E-state index in [4.69, 9.17) is 0 Å². The van der Waals surface area contributed by atoms with Gasteiger partial charge in [0.05, 0.1) is 6.42 Å². The van der Waals surface area contributed by atoms with E-state index >= 15 is 0 Å². The zero-order valence-corrected chi connectivity index (χ0v) is 14.6. The molecule has 130 valence electrons. The van der Waals surface area contributed by atoms with Crippen LogP contribution in [0.5, 0.6) is 0 Å². The SMILES string of the molecule is Cc1ccccc1CC(=O)N1CCCN(C(=O)c2ccccc2)CC1. The molecule has 2 aromatic rings. The molecule has 0 aromatic heterocycles. The minimum absolute atomic E-state index is 0.0498. The van der Waals surface area contributed by atoms with Crippen LogP contribution in [-0.2, 0) is 11.2 Å². The van der Waals surface area contributed by atoms with Crippen molar-refractivity contribution < 1.29 is 9.59 Å². The number of hydrogen-bond acceptors (Lipinski definition) is 2. The Morgan fingerprint density at radius 2 is 1.48 bits per heavy atom. The van der Waals surface area contributed by atoms with Crippen molar-refractivity contribution in [3.05, 3.63) is 71.3 Å². The normalized spacial score (nSPS) is 14.9. The maximum atomic E-state index is 12.6. The summed E-state index contributed by atoms with van der Waals surface area (Å²) >= 11 is 0. The van der Waals surface area contributed by atoms with Crippen LogP contribution in [0.15, 0.2) is 54.6 Å². The lowest BCUT2D eigenvalue weighted by Crippen LogP contribution is -2.38. The van der Waals surface area contributed by atoms with Crippen LogP contribution in [0.4, 0.5) is 0 Å². The van der Waals surface area contributed by atoms with Gasteiger partial charge in [0.2, 0.25) is 5.91 Å².